The van der Waals surface area contributed by atoms with Crippen LogP contribution < -0.4 is 4.74 Å². The van der Waals surface area contributed by atoms with Crippen LogP contribution in [-0.4, -0.2) is 44.1 Å². The van der Waals surface area contributed by atoms with Crippen LogP contribution in [0.1, 0.15) is 13.8 Å². The number of nitrogens with zero attached hydrogens (tertiary/aromatic N) is 1. The smallest absolute Gasteiger partial charge is 0.243 e. The number of hydrogen-bond donors (Lipinski definition) is 1. The number of ether oxygens (including phenoxy) is 1. The van der Waals surface area contributed by atoms with E-state index < -0.39 is 15.6 Å². The lowest BCUT2D eigenvalue weighted by Gasteiger charge is -2.32. The van der Waals surface area contributed by atoms with Gasteiger partial charge in [0, 0.05) is 7.05 Å². The van der Waals surface area contributed by atoms with Gasteiger partial charge in [-0.15, -0.1) is 0 Å². The van der Waals surface area contributed by atoms with Crippen LogP contribution in [-0.2, 0) is 10.0 Å². The standard InChI is InChI=1S/C12H19NO4S/c1-12(2,9-14)13(3)18(15,16)11-7-5-10(17-4)6-8-11/h5-8,14H,9H2,1-4H3. The molecule has 0 atom stereocenters. The Morgan fingerprint density at radius 2 is 1.78 bits per heavy atom. The molecule has 0 saturated carbocycles. The highest BCUT2D eigenvalue weighted by Crippen LogP contribution is 2.23. The van der Waals surface area contributed by atoms with E-state index in [-0.39, 0.29) is 11.5 Å². The summed E-state index contributed by atoms with van der Waals surface area (Å²) in [5, 5.41) is 9.23. The molecule has 1 aromatic rings. The summed E-state index contributed by atoms with van der Waals surface area (Å²) in [5.74, 6) is 0.595. The van der Waals surface area contributed by atoms with Crippen LogP contribution in [0.5, 0.6) is 5.75 Å². The van der Waals surface area contributed by atoms with Crippen LogP contribution in [0.25, 0.3) is 0 Å². The molecule has 0 fully saturated rings. The van der Waals surface area contributed by atoms with Gasteiger partial charge in [-0.2, -0.15) is 4.31 Å². The van der Waals surface area contributed by atoms with Gasteiger partial charge in [-0.25, -0.2) is 8.42 Å². The SMILES string of the molecule is COc1ccc(S(=O)(=O)N(C)C(C)(C)CO)cc1. The van der Waals surface area contributed by atoms with Crippen LogP contribution in [0, 0.1) is 0 Å². The minimum absolute atomic E-state index is 0.173. The Labute approximate surface area is 108 Å². The van der Waals surface area contributed by atoms with Crippen LogP contribution >= 0.6 is 0 Å². The minimum Gasteiger partial charge on any atom is -0.497 e. The molecule has 0 aromatic heterocycles. The first-order valence-corrected chi connectivity index (χ1v) is 6.93. The topological polar surface area (TPSA) is 66.8 Å². The Kier molecular flexibility index (Phi) is 4.37. The Morgan fingerprint density at radius 3 is 2.17 bits per heavy atom. The molecule has 0 amide bonds. The number of rotatable bonds is 5. The van der Waals surface area contributed by atoms with Crippen molar-refractivity contribution in [2.24, 2.45) is 0 Å². The van der Waals surface area contributed by atoms with E-state index in [1.54, 1.807) is 26.0 Å². The summed E-state index contributed by atoms with van der Waals surface area (Å²) >= 11 is 0. The van der Waals surface area contributed by atoms with Crippen molar-refractivity contribution in [2.75, 3.05) is 20.8 Å². The van der Waals surface area contributed by atoms with Crippen molar-refractivity contribution in [1.29, 1.82) is 0 Å². The van der Waals surface area contributed by atoms with Crippen molar-refractivity contribution in [3.05, 3.63) is 24.3 Å². The molecule has 0 heterocycles. The van der Waals surface area contributed by atoms with E-state index in [1.807, 2.05) is 0 Å². The van der Waals surface area contributed by atoms with E-state index in [2.05, 4.69) is 0 Å². The van der Waals surface area contributed by atoms with Gasteiger partial charge in [-0.05, 0) is 38.1 Å². The molecular weight excluding hydrogens is 254 g/mol. The molecule has 0 spiro atoms. The normalized spacial score (nSPS) is 12.8. The van der Waals surface area contributed by atoms with E-state index in [0.29, 0.717) is 5.75 Å². The summed E-state index contributed by atoms with van der Waals surface area (Å²) in [6, 6.07) is 6.15. The Morgan fingerprint density at radius 1 is 1.28 bits per heavy atom. The van der Waals surface area contributed by atoms with Gasteiger partial charge in [0.1, 0.15) is 5.75 Å². The summed E-state index contributed by atoms with van der Waals surface area (Å²) in [5.41, 5.74) is -0.848. The second-order valence-corrected chi connectivity index (χ2v) is 6.59. The van der Waals surface area contributed by atoms with Crippen molar-refractivity contribution >= 4 is 10.0 Å². The van der Waals surface area contributed by atoms with Crippen molar-refractivity contribution in [1.82, 2.24) is 4.31 Å². The van der Waals surface area contributed by atoms with Crippen LogP contribution in [0.3, 0.4) is 0 Å². The average molecular weight is 273 g/mol. The number of sulfonamides is 1. The predicted molar refractivity (Wildman–Crippen MR) is 69.1 cm³/mol. The third-order valence-corrected chi connectivity index (χ3v) is 5.04. The largest absolute Gasteiger partial charge is 0.497 e. The minimum atomic E-state index is -3.62. The van der Waals surface area contributed by atoms with E-state index in [1.165, 1.54) is 30.6 Å². The number of likely N-dealkylation sites (N-methyl/N-ethyl adjacent to an activating group) is 1. The number of benzene rings is 1. The molecule has 1 aromatic carbocycles. The molecule has 1 rings (SSSR count). The molecule has 0 unspecified atom stereocenters. The zero-order valence-corrected chi connectivity index (χ0v) is 11.9. The quantitative estimate of drug-likeness (QED) is 0.872. The van der Waals surface area contributed by atoms with Crippen LogP contribution in [0.2, 0.25) is 0 Å². The zero-order chi connectivity index (χ0) is 14.0. The summed E-state index contributed by atoms with van der Waals surface area (Å²) < 4.78 is 30.8. The Balaban J connectivity index is 3.13. The molecular formula is C12H19NO4S. The van der Waals surface area contributed by atoms with Gasteiger partial charge >= 0.3 is 0 Å². The fraction of sp³-hybridized carbons (Fsp3) is 0.500. The monoisotopic (exact) mass is 273 g/mol. The van der Waals surface area contributed by atoms with Crippen LogP contribution in [0.15, 0.2) is 29.2 Å². The maximum absolute atomic E-state index is 12.3. The van der Waals surface area contributed by atoms with Gasteiger partial charge in [0.2, 0.25) is 10.0 Å². The molecule has 0 aliphatic carbocycles. The van der Waals surface area contributed by atoms with Crippen molar-refractivity contribution in [2.45, 2.75) is 24.3 Å². The second kappa shape index (κ2) is 5.26. The second-order valence-electron chi connectivity index (χ2n) is 4.62. The van der Waals surface area contributed by atoms with Crippen molar-refractivity contribution in [3.63, 3.8) is 0 Å². The highest BCUT2D eigenvalue weighted by Gasteiger charge is 2.33. The number of aliphatic hydroxyl groups excluding tert-OH is 1. The molecule has 1 N–H and O–H groups in total. The summed E-state index contributed by atoms with van der Waals surface area (Å²) in [6.07, 6.45) is 0. The molecule has 0 aliphatic heterocycles. The van der Waals surface area contributed by atoms with E-state index in [4.69, 9.17) is 4.74 Å². The van der Waals surface area contributed by atoms with Gasteiger partial charge in [0.25, 0.3) is 0 Å². The van der Waals surface area contributed by atoms with E-state index >= 15 is 0 Å². The van der Waals surface area contributed by atoms with Crippen molar-refractivity contribution in [3.8, 4) is 5.75 Å². The first-order chi connectivity index (χ1) is 8.25. The number of methoxy groups -OCH3 is 1. The lowest BCUT2D eigenvalue weighted by atomic mass is 10.1. The van der Waals surface area contributed by atoms with Gasteiger partial charge in [-0.3, -0.25) is 0 Å². The predicted octanol–water partition coefficient (Wildman–Crippen LogP) is 1.09. The highest BCUT2D eigenvalue weighted by atomic mass is 32.2. The first kappa shape index (κ1) is 14.9. The molecule has 102 valence electrons. The fourth-order valence-corrected chi connectivity index (χ4v) is 2.84. The fourth-order valence-electron chi connectivity index (χ4n) is 1.33. The van der Waals surface area contributed by atoms with Gasteiger partial charge < -0.3 is 9.84 Å². The third kappa shape index (κ3) is 2.82. The van der Waals surface area contributed by atoms with Gasteiger partial charge in [-0.1, -0.05) is 0 Å². The number of hydrogen-bond acceptors (Lipinski definition) is 4. The molecule has 0 aliphatic rings. The molecule has 18 heavy (non-hydrogen) atoms. The molecule has 6 heteroatoms. The summed E-state index contributed by atoms with van der Waals surface area (Å²) in [4.78, 5) is 0.173. The molecule has 5 nitrogen and oxygen atoms in total. The lowest BCUT2D eigenvalue weighted by Crippen LogP contribution is -2.47. The number of aliphatic hydroxyl groups is 1. The summed E-state index contributed by atoms with van der Waals surface area (Å²) in [6.45, 7) is 3.07. The lowest BCUT2D eigenvalue weighted by molar-refractivity contribution is 0.138. The zero-order valence-electron chi connectivity index (χ0n) is 11.0. The van der Waals surface area contributed by atoms with E-state index in [0.717, 1.165) is 0 Å². The summed E-state index contributed by atoms with van der Waals surface area (Å²) in [7, 11) is -0.643. The van der Waals surface area contributed by atoms with Crippen LogP contribution in [0.4, 0.5) is 0 Å². The Hall–Kier alpha value is -1.11. The Bertz CT molecular complexity index is 493. The maximum Gasteiger partial charge on any atom is 0.243 e. The molecule has 0 saturated heterocycles. The molecule has 0 bridgehead atoms. The van der Waals surface area contributed by atoms with Gasteiger partial charge in [0.05, 0.1) is 24.2 Å². The average Bonchev–Trinajstić information content (AvgIpc) is 2.37. The highest BCUT2D eigenvalue weighted by molar-refractivity contribution is 7.89. The maximum atomic E-state index is 12.3. The van der Waals surface area contributed by atoms with E-state index in [9.17, 15) is 13.5 Å². The first-order valence-electron chi connectivity index (χ1n) is 5.49. The van der Waals surface area contributed by atoms with Gasteiger partial charge in [0.15, 0.2) is 0 Å². The van der Waals surface area contributed by atoms with Crippen molar-refractivity contribution < 1.29 is 18.3 Å². The third-order valence-electron chi connectivity index (χ3n) is 2.96. The molecule has 0 radical (unpaired) electrons.